The molecule has 0 saturated heterocycles. The summed E-state index contributed by atoms with van der Waals surface area (Å²) in [5, 5.41) is 0. The van der Waals surface area contributed by atoms with Crippen LogP contribution in [0, 0.1) is 5.92 Å². The predicted octanol–water partition coefficient (Wildman–Crippen LogP) is 4.92. The summed E-state index contributed by atoms with van der Waals surface area (Å²) in [6.45, 7) is 4.20. The molecule has 0 fully saturated rings. The maximum absolute atomic E-state index is 12.0. The van der Waals surface area contributed by atoms with Gasteiger partial charge in [0.05, 0.1) is 5.69 Å². The van der Waals surface area contributed by atoms with Crippen LogP contribution in [0.5, 0.6) is 0 Å². The molecule has 20 heavy (non-hydrogen) atoms. The largest absolute Gasteiger partial charge is 0.306 e. The van der Waals surface area contributed by atoms with Crippen LogP contribution in [0.4, 0.5) is 0 Å². The van der Waals surface area contributed by atoms with Crippen molar-refractivity contribution in [1.29, 1.82) is 0 Å². The normalized spacial score (nSPS) is 11.1. The molecule has 0 bridgehead atoms. The third-order valence-corrected chi connectivity index (χ3v) is 5.42. The molecule has 2 rings (SSSR count). The number of aromatic nitrogens is 2. The third-order valence-electron chi connectivity index (χ3n) is 2.73. The average Bonchev–Trinajstić information content (AvgIpc) is 2.37. The van der Waals surface area contributed by atoms with Gasteiger partial charge in [0.1, 0.15) is 10.3 Å². The maximum atomic E-state index is 12.0. The van der Waals surface area contributed by atoms with Crippen molar-refractivity contribution in [1.82, 2.24) is 9.97 Å². The molecular weight excluding hydrogens is 452 g/mol. The minimum atomic E-state index is -0.148. The van der Waals surface area contributed by atoms with E-state index in [1.165, 1.54) is 0 Å². The number of benzene rings is 1. The Morgan fingerprint density at radius 3 is 2.50 bits per heavy atom. The summed E-state index contributed by atoms with van der Waals surface area (Å²) in [4.78, 5) is 19.4. The minimum absolute atomic E-state index is 0.148. The Balaban J connectivity index is 2.54. The fourth-order valence-electron chi connectivity index (χ4n) is 1.81. The summed E-state index contributed by atoms with van der Waals surface area (Å²) in [6.07, 6.45) is 0.759. The van der Waals surface area contributed by atoms with Crippen LogP contribution in [0.2, 0.25) is 0 Å². The summed E-state index contributed by atoms with van der Waals surface area (Å²) in [7, 11) is 0. The smallest absolute Gasteiger partial charge is 0.265 e. The van der Waals surface area contributed by atoms with Gasteiger partial charge >= 0.3 is 0 Å². The van der Waals surface area contributed by atoms with Crippen molar-refractivity contribution in [2.45, 2.75) is 20.3 Å². The lowest BCUT2D eigenvalue weighted by atomic mass is 10.1. The van der Waals surface area contributed by atoms with Gasteiger partial charge in [-0.15, -0.1) is 0 Å². The number of nitrogens with one attached hydrogen (secondary N) is 1. The molecule has 0 aliphatic rings. The monoisotopic (exact) mass is 462 g/mol. The van der Waals surface area contributed by atoms with E-state index in [1.807, 2.05) is 18.2 Å². The Morgan fingerprint density at radius 2 is 1.90 bits per heavy atom. The maximum Gasteiger partial charge on any atom is 0.265 e. The zero-order valence-corrected chi connectivity index (χ0v) is 15.8. The first-order chi connectivity index (χ1) is 9.38. The summed E-state index contributed by atoms with van der Waals surface area (Å²) in [5.41, 5.74) is 1.51. The van der Waals surface area contributed by atoms with Crippen molar-refractivity contribution in [3.05, 3.63) is 47.7 Å². The van der Waals surface area contributed by atoms with E-state index in [0.717, 1.165) is 26.6 Å². The van der Waals surface area contributed by atoms with E-state index in [-0.39, 0.29) is 5.56 Å². The van der Waals surface area contributed by atoms with Gasteiger partial charge in [0.25, 0.3) is 5.56 Å². The number of hydrogen-bond donors (Lipinski definition) is 1. The molecule has 2 aromatic rings. The Kier molecular flexibility index (Phi) is 5.20. The van der Waals surface area contributed by atoms with Crippen LogP contribution in [0.15, 0.2) is 36.4 Å². The molecule has 1 aromatic carbocycles. The van der Waals surface area contributed by atoms with Gasteiger partial charge < -0.3 is 4.98 Å². The van der Waals surface area contributed by atoms with Gasteiger partial charge in [-0.25, -0.2) is 4.98 Å². The van der Waals surface area contributed by atoms with Crippen LogP contribution < -0.4 is 5.56 Å². The second kappa shape index (κ2) is 6.54. The summed E-state index contributed by atoms with van der Waals surface area (Å²) < 4.78 is 2.40. The average molecular weight is 465 g/mol. The topological polar surface area (TPSA) is 45.8 Å². The van der Waals surface area contributed by atoms with Crippen molar-refractivity contribution < 1.29 is 0 Å². The highest BCUT2D eigenvalue weighted by Gasteiger charge is 2.12. The third kappa shape index (κ3) is 3.59. The molecule has 1 N–H and O–H groups in total. The van der Waals surface area contributed by atoms with Crippen molar-refractivity contribution in [2.75, 3.05) is 0 Å². The number of nitrogens with zero attached hydrogens (tertiary/aromatic N) is 1. The van der Waals surface area contributed by atoms with Gasteiger partial charge in [-0.1, -0.05) is 19.9 Å². The van der Waals surface area contributed by atoms with E-state index in [4.69, 9.17) is 0 Å². The molecule has 0 aliphatic carbocycles. The SMILES string of the molecule is CC(C)Cc1nc(-c2ccc(Br)c(Br)c2)[nH]c(=O)c1Br. The second-order valence-electron chi connectivity index (χ2n) is 4.90. The zero-order chi connectivity index (χ0) is 14.9. The highest BCUT2D eigenvalue weighted by Crippen LogP contribution is 2.28. The lowest BCUT2D eigenvalue weighted by molar-refractivity contribution is 0.631. The van der Waals surface area contributed by atoms with E-state index in [1.54, 1.807) is 0 Å². The van der Waals surface area contributed by atoms with Gasteiger partial charge in [-0.05, 0) is 72.3 Å². The molecule has 1 heterocycles. The van der Waals surface area contributed by atoms with Crippen molar-refractivity contribution >= 4 is 47.8 Å². The first-order valence-corrected chi connectivity index (χ1v) is 8.50. The van der Waals surface area contributed by atoms with Crippen LogP contribution in [0.25, 0.3) is 11.4 Å². The van der Waals surface area contributed by atoms with Gasteiger partial charge in [0.15, 0.2) is 0 Å². The molecule has 1 aromatic heterocycles. The lowest BCUT2D eigenvalue weighted by Crippen LogP contribution is -2.15. The minimum Gasteiger partial charge on any atom is -0.306 e. The fourth-order valence-corrected chi connectivity index (χ4v) is 2.78. The molecule has 6 heteroatoms. The molecule has 0 unspecified atom stereocenters. The Morgan fingerprint density at radius 1 is 1.20 bits per heavy atom. The quantitative estimate of drug-likeness (QED) is 0.700. The van der Waals surface area contributed by atoms with Crippen LogP contribution in [-0.4, -0.2) is 9.97 Å². The molecule has 0 spiro atoms. The molecular formula is C14H13Br3N2O. The van der Waals surface area contributed by atoms with Crippen molar-refractivity contribution in [3.8, 4) is 11.4 Å². The van der Waals surface area contributed by atoms with Crippen molar-refractivity contribution in [2.24, 2.45) is 5.92 Å². The number of H-pyrrole nitrogens is 1. The van der Waals surface area contributed by atoms with Gasteiger partial charge in [0.2, 0.25) is 0 Å². The molecule has 3 nitrogen and oxygen atoms in total. The van der Waals surface area contributed by atoms with Gasteiger partial charge in [0, 0.05) is 14.5 Å². The van der Waals surface area contributed by atoms with Crippen LogP contribution >= 0.6 is 47.8 Å². The highest BCUT2D eigenvalue weighted by molar-refractivity contribution is 9.13. The molecule has 0 amide bonds. The second-order valence-corrected chi connectivity index (χ2v) is 7.40. The van der Waals surface area contributed by atoms with E-state index in [0.29, 0.717) is 16.2 Å². The first-order valence-electron chi connectivity index (χ1n) is 6.12. The van der Waals surface area contributed by atoms with Gasteiger partial charge in [-0.3, -0.25) is 4.79 Å². The molecule has 0 atom stereocenters. The van der Waals surface area contributed by atoms with E-state index < -0.39 is 0 Å². The summed E-state index contributed by atoms with van der Waals surface area (Å²) in [5.74, 6) is 1.02. The molecule has 0 saturated carbocycles. The standard InChI is InChI=1S/C14H13Br3N2O/c1-7(2)5-11-12(17)14(20)19-13(18-11)8-3-4-9(15)10(16)6-8/h3-4,6-7H,5H2,1-2H3,(H,18,19,20). The van der Waals surface area contributed by atoms with Gasteiger partial charge in [-0.2, -0.15) is 0 Å². The number of aromatic amines is 1. The number of halogens is 3. The Labute approximate surface area is 142 Å². The first kappa shape index (κ1) is 15.9. The highest BCUT2D eigenvalue weighted by atomic mass is 79.9. The van der Waals surface area contributed by atoms with Crippen LogP contribution in [0.3, 0.4) is 0 Å². The molecule has 106 valence electrons. The predicted molar refractivity (Wildman–Crippen MR) is 91.9 cm³/mol. The summed E-state index contributed by atoms with van der Waals surface area (Å²) in [6, 6.07) is 5.76. The summed E-state index contributed by atoms with van der Waals surface area (Å²) >= 11 is 10.2. The lowest BCUT2D eigenvalue weighted by Gasteiger charge is -2.09. The Bertz CT molecular complexity index is 695. The van der Waals surface area contributed by atoms with E-state index in [2.05, 4.69) is 71.6 Å². The van der Waals surface area contributed by atoms with E-state index in [9.17, 15) is 4.79 Å². The molecule has 0 radical (unpaired) electrons. The van der Waals surface area contributed by atoms with Crippen LogP contribution in [-0.2, 0) is 6.42 Å². The van der Waals surface area contributed by atoms with E-state index >= 15 is 0 Å². The van der Waals surface area contributed by atoms with Crippen molar-refractivity contribution in [3.63, 3.8) is 0 Å². The number of hydrogen-bond acceptors (Lipinski definition) is 2. The fraction of sp³-hybridized carbons (Fsp3) is 0.286. The zero-order valence-electron chi connectivity index (χ0n) is 11.0. The van der Waals surface area contributed by atoms with Crippen LogP contribution in [0.1, 0.15) is 19.5 Å². The Hall–Kier alpha value is -0.460. The molecule has 0 aliphatic heterocycles. The number of rotatable bonds is 3.